The first-order valence-corrected chi connectivity index (χ1v) is 20.0. The Morgan fingerprint density at radius 1 is 0.660 bits per heavy atom. The normalized spacial score (nSPS) is 22.3. The monoisotopic (exact) mass is 764 g/mol. The van der Waals surface area contributed by atoms with Gasteiger partial charge in [-0.2, -0.15) is 8.42 Å². The van der Waals surface area contributed by atoms with Gasteiger partial charge in [0.2, 0.25) is 0 Å². The number of hydrogen-bond acceptors (Lipinski definition) is 11. The molecule has 0 aromatic heterocycles. The second kappa shape index (κ2) is 30.0. The van der Waals surface area contributed by atoms with Gasteiger partial charge in [-0.05, 0) is 57.8 Å². The molecule has 1 heterocycles. The zero-order valence-electron chi connectivity index (χ0n) is 31.1. The van der Waals surface area contributed by atoms with Crippen molar-refractivity contribution >= 4 is 22.1 Å². The molecule has 6 atom stereocenters. The van der Waals surface area contributed by atoms with Crippen molar-refractivity contribution in [3.05, 3.63) is 97.2 Å². The molecule has 0 radical (unpaired) electrons. The smallest absolute Gasteiger partial charge is 0.306 e. The third-order valence-corrected chi connectivity index (χ3v) is 8.29. The maximum atomic E-state index is 12.7. The molecule has 13 heteroatoms. The Morgan fingerprint density at radius 3 is 1.87 bits per heavy atom. The molecule has 0 aromatic rings. The van der Waals surface area contributed by atoms with Crippen molar-refractivity contribution in [1.82, 2.24) is 0 Å². The fourth-order valence-electron chi connectivity index (χ4n) is 4.72. The lowest BCUT2D eigenvalue weighted by Gasteiger charge is -2.40. The van der Waals surface area contributed by atoms with Crippen molar-refractivity contribution in [2.24, 2.45) is 0 Å². The lowest BCUT2D eigenvalue weighted by atomic mass is 10.00. The highest BCUT2D eigenvalue weighted by molar-refractivity contribution is 7.85. The van der Waals surface area contributed by atoms with Gasteiger partial charge in [-0.15, -0.1) is 0 Å². The molecule has 1 fully saturated rings. The Morgan fingerprint density at radius 2 is 1.23 bits per heavy atom. The number of rotatable bonds is 27. The molecule has 0 aromatic carbocycles. The second-order valence-corrected chi connectivity index (χ2v) is 13.7. The van der Waals surface area contributed by atoms with Crippen LogP contribution in [-0.4, -0.2) is 96.0 Å². The van der Waals surface area contributed by atoms with Crippen molar-refractivity contribution in [2.75, 3.05) is 19.0 Å². The molecule has 12 nitrogen and oxygen atoms in total. The summed E-state index contributed by atoms with van der Waals surface area (Å²) in [6, 6.07) is 0. The average molecular weight is 765 g/mol. The van der Waals surface area contributed by atoms with Crippen LogP contribution in [-0.2, 0) is 38.7 Å². The van der Waals surface area contributed by atoms with Gasteiger partial charge < -0.3 is 34.3 Å². The Labute approximate surface area is 315 Å². The van der Waals surface area contributed by atoms with E-state index in [0.717, 1.165) is 38.5 Å². The zero-order valence-corrected chi connectivity index (χ0v) is 31.9. The summed E-state index contributed by atoms with van der Waals surface area (Å²) in [5.74, 6) is -2.15. The molecule has 0 amide bonds. The van der Waals surface area contributed by atoms with Crippen LogP contribution in [0.15, 0.2) is 97.2 Å². The summed E-state index contributed by atoms with van der Waals surface area (Å²) in [4.78, 5) is 25.1. The third kappa shape index (κ3) is 25.3. The maximum Gasteiger partial charge on any atom is 0.306 e. The van der Waals surface area contributed by atoms with Crippen LogP contribution < -0.4 is 0 Å². The molecule has 53 heavy (non-hydrogen) atoms. The van der Waals surface area contributed by atoms with Gasteiger partial charge >= 0.3 is 11.9 Å². The minimum absolute atomic E-state index is 0.0532. The summed E-state index contributed by atoms with van der Waals surface area (Å²) in [6.07, 6.45) is 29.2. The van der Waals surface area contributed by atoms with E-state index >= 15 is 0 Å². The molecule has 1 saturated heterocycles. The number of unbranched alkanes of at least 4 members (excludes halogenated alkanes) is 3. The Balaban J connectivity index is 2.65. The second-order valence-electron chi connectivity index (χ2n) is 12.2. The quantitative estimate of drug-likeness (QED) is 0.0254. The lowest BCUT2D eigenvalue weighted by Crippen LogP contribution is -2.60. The van der Waals surface area contributed by atoms with Gasteiger partial charge in [0.05, 0.1) is 6.61 Å². The number of aliphatic hydroxyl groups is 3. The van der Waals surface area contributed by atoms with E-state index in [2.05, 4.69) is 56.4 Å². The van der Waals surface area contributed by atoms with E-state index in [1.54, 1.807) is 0 Å². The first kappa shape index (κ1) is 47.6. The number of aliphatic hydroxyl groups excluding tert-OH is 3. The molecule has 0 spiro atoms. The Kier molecular flexibility index (Phi) is 26.9. The summed E-state index contributed by atoms with van der Waals surface area (Å²) in [5, 5.41) is 30.7. The van der Waals surface area contributed by atoms with Crippen LogP contribution in [0.4, 0.5) is 0 Å². The molecule has 1 aliphatic rings. The number of esters is 2. The van der Waals surface area contributed by atoms with Crippen molar-refractivity contribution in [2.45, 2.75) is 121 Å². The molecular weight excluding hydrogens is 704 g/mol. The van der Waals surface area contributed by atoms with Crippen molar-refractivity contribution < 1.29 is 56.8 Å². The van der Waals surface area contributed by atoms with Crippen molar-refractivity contribution in [3.63, 3.8) is 0 Å². The fraction of sp³-hybridized carbons (Fsp3) is 0.550. The highest BCUT2D eigenvalue weighted by atomic mass is 32.2. The third-order valence-electron chi connectivity index (χ3n) is 7.54. The zero-order chi connectivity index (χ0) is 39.2. The highest BCUT2D eigenvalue weighted by Crippen LogP contribution is 2.23. The van der Waals surface area contributed by atoms with Crippen LogP contribution >= 0.6 is 0 Å². The number of allylic oxidation sites excluding steroid dienone is 16. The van der Waals surface area contributed by atoms with E-state index in [-0.39, 0.29) is 19.4 Å². The van der Waals surface area contributed by atoms with Crippen molar-refractivity contribution in [1.29, 1.82) is 0 Å². The van der Waals surface area contributed by atoms with Crippen LogP contribution in [0, 0.1) is 0 Å². The van der Waals surface area contributed by atoms with Crippen LogP contribution in [0.1, 0.15) is 84.5 Å². The molecular formula is C40H60O12S. The number of carbonyl (C=O) groups is 2. The average Bonchev–Trinajstić information content (AvgIpc) is 3.12. The molecule has 0 bridgehead atoms. The van der Waals surface area contributed by atoms with Crippen molar-refractivity contribution in [3.8, 4) is 0 Å². The minimum Gasteiger partial charge on any atom is -0.462 e. The molecule has 3 unspecified atom stereocenters. The molecule has 1 aliphatic heterocycles. The molecule has 298 valence electrons. The van der Waals surface area contributed by atoms with Gasteiger partial charge in [0.15, 0.2) is 12.4 Å². The van der Waals surface area contributed by atoms with E-state index in [0.29, 0.717) is 19.3 Å². The lowest BCUT2D eigenvalue weighted by molar-refractivity contribution is -0.297. The summed E-state index contributed by atoms with van der Waals surface area (Å²) < 4.78 is 53.6. The summed E-state index contributed by atoms with van der Waals surface area (Å²) >= 11 is 0. The summed E-state index contributed by atoms with van der Waals surface area (Å²) in [7, 11) is -4.62. The van der Waals surface area contributed by atoms with Crippen LogP contribution in [0.3, 0.4) is 0 Å². The summed E-state index contributed by atoms with van der Waals surface area (Å²) in [5.41, 5.74) is 0. The van der Waals surface area contributed by atoms with E-state index in [9.17, 15) is 37.9 Å². The van der Waals surface area contributed by atoms with E-state index < -0.39 is 71.2 Å². The molecule has 1 rings (SSSR count). The van der Waals surface area contributed by atoms with Gasteiger partial charge in [-0.25, -0.2) is 0 Å². The topological polar surface area (TPSA) is 186 Å². The first-order valence-electron chi connectivity index (χ1n) is 18.4. The van der Waals surface area contributed by atoms with Gasteiger partial charge in [0.1, 0.15) is 36.8 Å². The molecule has 0 saturated carbocycles. The largest absolute Gasteiger partial charge is 0.462 e. The number of hydrogen-bond donors (Lipinski definition) is 4. The highest BCUT2D eigenvalue weighted by Gasteiger charge is 2.46. The van der Waals surface area contributed by atoms with E-state index in [1.807, 2.05) is 54.7 Å². The predicted molar refractivity (Wildman–Crippen MR) is 205 cm³/mol. The summed E-state index contributed by atoms with van der Waals surface area (Å²) in [6.45, 7) is 3.34. The fourth-order valence-corrected chi connectivity index (χ4v) is 5.41. The predicted octanol–water partition coefficient (Wildman–Crippen LogP) is 5.93. The first-order chi connectivity index (χ1) is 25.5. The van der Waals surface area contributed by atoms with Gasteiger partial charge in [-0.3, -0.25) is 14.1 Å². The van der Waals surface area contributed by atoms with E-state index in [1.165, 1.54) is 0 Å². The van der Waals surface area contributed by atoms with E-state index in [4.69, 9.17) is 18.9 Å². The van der Waals surface area contributed by atoms with Crippen LogP contribution in [0.2, 0.25) is 0 Å². The molecule has 4 N–H and O–H groups in total. The SMILES string of the molecule is CC/C=C/C=C/C=C/C=C/C=C/CCCC(=O)OC(COC(=O)CCCC/C=C/C/C=C/C/C=C/CC)CO[C@H]1O[C@H](CS(=O)(=O)O)[C@@H](O)C(O)C1O. The number of ether oxygens (including phenoxy) is 4. The van der Waals surface area contributed by atoms with Gasteiger partial charge in [0, 0.05) is 12.8 Å². The van der Waals surface area contributed by atoms with Gasteiger partial charge in [-0.1, -0.05) is 111 Å². The standard InChI is InChI=1S/C40H60O12S/c1-3-5-7-9-11-13-15-17-19-21-23-25-27-29-36(42)51-33(31-50-40-39(45)38(44)37(43)34(52-40)32-53(46,47)48)30-49-35(41)28-26-24-22-20-18-16-14-12-10-8-6-4-2/h5-9,11-15,17-21,23,33-34,37-40,43-45H,3-4,10,16,22,24-32H2,1-2H3,(H,46,47,48)/b7-5+,8-6+,11-9+,14-12+,15-13+,19-17+,20-18+,23-21+/t33?,34-,37-,38?,39?,40+/m1/s1. The Bertz CT molecular complexity index is 1360. The van der Waals surface area contributed by atoms with Crippen LogP contribution in [0.5, 0.6) is 0 Å². The van der Waals surface area contributed by atoms with Crippen LogP contribution in [0.25, 0.3) is 0 Å². The molecule has 0 aliphatic carbocycles. The van der Waals surface area contributed by atoms with Gasteiger partial charge in [0.25, 0.3) is 10.1 Å². The Hall–Kier alpha value is -3.43. The maximum absolute atomic E-state index is 12.7. The number of carbonyl (C=O) groups excluding carboxylic acids is 2. The minimum atomic E-state index is -4.62.